The molecule has 0 heterocycles. The van der Waals surface area contributed by atoms with E-state index in [-0.39, 0.29) is 28.2 Å². The molecule has 1 rings (SSSR count). The maximum Gasteiger partial charge on any atom is 0.168 e. The maximum atomic E-state index is 11.6. The van der Waals surface area contributed by atoms with Crippen molar-refractivity contribution in [2.75, 3.05) is 6.61 Å². The fourth-order valence-electron chi connectivity index (χ4n) is 1.73. The van der Waals surface area contributed by atoms with Gasteiger partial charge in [-0.3, -0.25) is 4.79 Å². The van der Waals surface area contributed by atoms with Gasteiger partial charge >= 0.3 is 0 Å². The highest BCUT2D eigenvalue weighted by Gasteiger charge is 2.35. The molecular weight excluding hydrogens is 182 g/mol. The second kappa shape index (κ2) is 3.53. The zero-order valence-electron chi connectivity index (χ0n) is 8.42. The van der Waals surface area contributed by atoms with E-state index in [0.29, 0.717) is 12.8 Å². The summed E-state index contributed by atoms with van der Waals surface area (Å²) >= 11 is 0. The van der Waals surface area contributed by atoms with Crippen molar-refractivity contribution in [3.8, 4) is 0 Å². The minimum atomic E-state index is -0.579. The van der Waals surface area contributed by atoms with Gasteiger partial charge in [-0.2, -0.15) is 0 Å². The van der Waals surface area contributed by atoms with Gasteiger partial charge in [0.05, 0.1) is 5.57 Å². The van der Waals surface area contributed by atoms with E-state index in [2.05, 4.69) is 0 Å². The van der Waals surface area contributed by atoms with Crippen LogP contribution in [0.1, 0.15) is 26.7 Å². The van der Waals surface area contributed by atoms with Crippen molar-refractivity contribution in [3.63, 3.8) is 0 Å². The first-order chi connectivity index (χ1) is 6.37. The summed E-state index contributed by atoms with van der Waals surface area (Å²) in [6.07, 6.45) is 0.771. The molecule has 4 nitrogen and oxygen atoms in total. The van der Waals surface area contributed by atoms with Crippen LogP contribution in [-0.4, -0.2) is 28.3 Å². The van der Waals surface area contributed by atoms with Crippen LogP contribution in [0.5, 0.6) is 0 Å². The predicted octanol–water partition coefficient (Wildman–Crippen LogP) is 1.20. The predicted molar refractivity (Wildman–Crippen MR) is 52.5 cm³/mol. The molecule has 0 spiro atoms. The number of rotatable bonds is 1. The Balaban J connectivity index is 3.04. The van der Waals surface area contributed by atoms with E-state index >= 15 is 0 Å². The fourth-order valence-corrected chi connectivity index (χ4v) is 1.73. The maximum absolute atomic E-state index is 11.6. The summed E-state index contributed by atoms with van der Waals surface area (Å²) in [7, 11) is 0. The van der Waals surface area contributed by atoms with Crippen LogP contribution in [0.4, 0.5) is 0 Å². The zero-order valence-corrected chi connectivity index (χ0v) is 8.42. The molecule has 14 heavy (non-hydrogen) atoms. The van der Waals surface area contributed by atoms with E-state index in [9.17, 15) is 9.90 Å². The van der Waals surface area contributed by atoms with Crippen LogP contribution < -0.4 is 0 Å². The third-order valence-electron chi connectivity index (χ3n) is 2.31. The SMILES string of the molecule is CC1(C)CC(=N)/C(=C(/O)CO)C(=O)C1. The van der Waals surface area contributed by atoms with Crippen molar-refractivity contribution < 1.29 is 15.0 Å². The number of aliphatic hydroxyl groups excluding tert-OH is 2. The highest BCUT2D eigenvalue weighted by molar-refractivity contribution is 6.23. The van der Waals surface area contributed by atoms with Gasteiger partial charge in [0.25, 0.3) is 0 Å². The van der Waals surface area contributed by atoms with Crippen molar-refractivity contribution in [2.45, 2.75) is 26.7 Å². The number of ketones is 1. The second-order valence-corrected chi connectivity index (χ2v) is 4.40. The van der Waals surface area contributed by atoms with Crippen LogP contribution in [0.25, 0.3) is 0 Å². The number of aliphatic hydroxyl groups is 2. The zero-order chi connectivity index (χ0) is 10.9. The third kappa shape index (κ3) is 2.01. The van der Waals surface area contributed by atoms with Crippen molar-refractivity contribution in [1.29, 1.82) is 5.41 Å². The normalized spacial score (nSPS) is 25.1. The molecule has 78 valence electrons. The molecule has 0 bridgehead atoms. The van der Waals surface area contributed by atoms with Gasteiger partial charge in [-0.1, -0.05) is 13.8 Å². The lowest BCUT2D eigenvalue weighted by atomic mass is 9.73. The first-order valence-corrected chi connectivity index (χ1v) is 4.51. The first kappa shape index (κ1) is 10.9. The summed E-state index contributed by atoms with van der Waals surface area (Å²) in [5.74, 6) is -0.631. The Bertz CT molecular complexity index is 293. The Labute approximate surface area is 82.8 Å². The highest BCUT2D eigenvalue weighted by atomic mass is 16.3. The molecule has 1 saturated carbocycles. The molecule has 0 unspecified atom stereocenters. The summed E-state index contributed by atoms with van der Waals surface area (Å²) in [5, 5.41) is 25.6. The second-order valence-electron chi connectivity index (χ2n) is 4.40. The monoisotopic (exact) mass is 197 g/mol. The van der Waals surface area contributed by atoms with E-state index in [4.69, 9.17) is 10.5 Å². The topological polar surface area (TPSA) is 81.4 Å². The lowest BCUT2D eigenvalue weighted by Gasteiger charge is -2.30. The van der Waals surface area contributed by atoms with E-state index in [0.717, 1.165) is 0 Å². The van der Waals surface area contributed by atoms with Crippen molar-refractivity contribution in [3.05, 3.63) is 11.3 Å². The number of hydrogen-bond acceptors (Lipinski definition) is 4. The lowest BCUT2D eigenvalue weighted by molar-refractivity contribution is -0.117. The van der Waals surface area contributed by atoms with Crippen molar-refractivity contribution in [2.24, 2.45) is 5.41 Å². The Morgan fingerprint density at radius 2 is 2.07 bits per heavy atom. The molecule has 0 aromatic heterocycles. The molecule has 0 amide bonds. The number of Topliss-reactive ketones (excluding diaryl/α,β-unsaturated/α-hetero) is 1. The first-order valence-electron chi connectivity index (χ1n) is 4.51. The summed E-state index contributed by atoms with van der Waals surface area (Å²) in [4.78, 5) is 11.6. The van der Waals surface area contributed by atoms with E-state index in [1.54, 1.807) is 0 Å². The Hall–Kier alpha value is -1.16. The largest absolute Gasteiger partial charge is 0.509 e. The average Bonchev–Trinajstić information content (AvgIpc) is 1.99. The van der Waals surface area contributed by atoms with Crippen molar-refractivity contribution in [1.82, 2.24) is 0 Å². The molecule has 0 aromatic rings. The van der Waals surface area contributed by atoms with Gasteiger partial charge in [0.15, 0.2) is 5.78 Å². The van der Waals surface area contributed by atoms with Gasteiger partial charge in [-0.05, 0) is 11.8 Å². The molecule has 0 saturated heterocycles. The summed E-state index contributed by atoms with van der Waals surface area (Å²) in [6.45, 7) is 3.24. The molecule has 4 heteroatoms. The Kier molecular flexibility index (Phi) is 2.76. The molecule has 0 aromatic carbocycles. The molecular formula is C10H15NO3. The van der Waals surface area contributed by atoms with E-state index in [1.807, 2.05) is 13.8 Å². The molecule has 1 aliphatic carbocycles. The van der Waals surface area contributed by atoms with Crippen LogP contribution in [-0.2, 0) is 4.79 Å². The molecule has 0 radical (unpaired) electrons. The van der Waals surface area contributed by atoms with Crippen molar-refractivity contribution >= 4 is 11.5 Å². The fraction of sp³-hybridized carbons (Fsp3) is 0.600. The summed E-state index contributed by atoms with van der Waals surface area (Å²) in [5.41, 5.74) is -0.0856. The van der Waals surface area contributed by atoms with Gasteiger partial charge < -0.3 is 15.6 Å². The smallest absolute Gasteiger partial charge is 0.168 e. The summed E-state index contributed by atoms with van der Waals surface area (Å²) in [6, 6.07) is 0. The molecule has 1 fully saturated rings. The molecule has 0 aliphatic heterocycles. The van der Waals surface area contributed by atoms with Crippen LogP contribution in [0.15, 0.2) is 11.3 Å². The van der Waals surface area contributed by atoms with E-state index in [1.165, 1.54) is 0 Å². The summed E-state index contributed by atoms with van der Waals surface area (Å²) < 4.78 is 0. The third-order valence-corrected chi connectivity index (χ3v) is 2.31. The Morgan fingerprint density at radius 3 is 2.50 bits per heavy atom. The van der Waals surface area contributed by atoms with Crippen LogP contribution in [0, 0.1) is 10.8 Å². The highest BCUT2D eigenvalue weighted by Crippen LogP contribution is 2.34. The molecule has 3 N–H and O–H groups in total. The Morgan fingerprint density at radius 1 is 1.50 bits per heavy atom. The van der Waals surface area contributed by atoms with Crippen LogP contribution in [0.3, 0.4) is 0 Å². The quantitative estimate of drug-likeness (QED) is 0.436. The van der Waals surface area contributed by atoms with Crippen LogP contribution in [0.2, 0.25) is 0 Å². The van der Waals surface area contributed by atoms with E-state index < -0.39 is 6.61 Å². The van der Waals surface area contributed by atoms with Gasteiger partial charge in [-0.15, -0.1) is 0 Å². The van der Waals surface area contributed by atoms with Gasteiger partial charge in [0, 0.05) is 12.1 Å². The number of hydrogen-bond donors (Lipinski definition) is 3. The van der Waals surface area contributed by atoms with Crippen LogP contribution >= 0.6 is 0 Å². The van der Waals surface area contributed by atoms with Gasteiger partial charge in [-0.25, -0.2) is 0 Å². The average molecular weight is 197 g/mol. The molecule has 1 aliphatic rings. The lowest BCUT2D eigenvalue weighted by Crippen LogP contribution is -2.32. The number of carbonyl (C=O) groups is 1. The molecule has 0 atom stereocenters. The van der Waals surface area contributed by atoms with Gasteiger partial charge in [0.1, 0.15) is 12.4 Å². The van der Waals surface area contributed by atoms with Gasteiger partial charge in [0.2, 0.25) is 0 Å². The minimum absolute atomic E-state index is 0.00632. The number of nitrogens with one attached hydrogen (secondary N) is 1. The number of allylic oxidation sites excluding steroid dienone is 1. The minimum Gasteiger partial charge on any atom is -0.509 e. The number of carbonyl (C=O) groups excluding carboxylic acids is 1. The standard InChI is InChI=1S/C10H15NO3/c1-10(2)3-6(11)9(7(13)4-10)8(14)5-12/h11-12,14H,3-5H2,1-2H3/b9-8-,11-6?.